The van der Waals surface area contributed by atoms with Crippen molar-refractivity contribution in [2.45, 2.75) is 4.90 Å². The quantitative estimate of drug-likeness (QED) is 0.722. The Kier molecular flexibility index (Phi) is 2.72. The number of sulfonamides is 1. The molecule has 6 nitrogen and oxygen atoms in total. The lowest BCUT2D eigenvalue weighted by Crippen LogP contribution is -2.12. The van der Waals surface area contributed by atoms with Crippen LogP contribution in [0.3, 0.4) is 0 Å². The van der Waals surface area contributed by atoms with Crippen molar-refractivity contribution in [2.24, 2.45) is 10.9 Å². The van der Waals surface area contributed by atoms with Crippen molar-refractivity contribution in [1.29, 1.82) is 0 Å². The first-order valence-electron chi connectivity index (χ1n) is 4.88. The van der Waals surface area contributed by atoms with Crippen molar-refractivity contribution in [2.75, 3.05) is 0 Å². The molecule has 0 aliphatic carbocycles. The number of benzene rings is 2. The van der Waals surface area contributed by atoms with Crippen LogP contribution in [-0.2, 0) is 10.0 Å². The number of fused-ring (bicyclic) bond motifs is 1. The van der Waals surface area contributed by atoms with E-state index in [1.807, 2.05) is 0 Å². The van der Waals surface area contributed by atoms with Gasteiger partial charge in [0.15, 0.2) is 0 Å². The van der Waals surface area contributed by atoms with Gasteiger partial charge in [-0.3, -0.25) is 4.79 Å². The Labute approximate surface area is 103 Å². The Hall–Kier alpha value is -2.12. The first-order chi connectivity index (χ1) is 8.29. The zero-order valence-electron chi connectivity index (χ0n) is 9.12. The van der Waals surface area contributed by atoms with Gasteiger partial charge in [-0.05, 0) is 35.0 Å². The van der Waals surface area contributed by atoms with Crippen LogP contribution >= 0.6 is 0 Å². The van der Waals surface area contributed by atoms with Crippen LogP contribution in [-0.4, -0.2) is 19.4 Å². The third-order valence-corrected chi connectivity index (χ3v) is 3.45. The van der Waals surface area contributed by atoms with Gasteiger partial charge < -0.3 is 10.8 Å². The molecule has 2 aromatic rings. The number of primary amides is 1. The van der Waals surface area contributed by atoms with E-state index in [-0.39, 0.29) is 5.56 Å². The predicted octanol–water partition coefficient (Wildman–Crippen LogP) is 0.292. The van der Waals surface area contributed by atoms with Crippen LogP contribution in [0.15, 0.2) is 35.2 Å². The summed E-state index contributed by atoms with van der Waals surface area (Å²) in [4.78, 5) is 10.6. The van der Waals surface area contributed by atoms with Crippen LogP contribution < -0.4 is 10.9 Å². The van der Waals surface area contributed by atoms with E-state index in [4.69, 9.17) is 10.9 Å². The summed E-state index contributed by atoms with van der Waals surface area (Å²) >= 11 is 0. The van der Waals surface area contributed by atoms with E-state index in [1.165, 1.54) is 24.3 Å². The molecular weight excluding hydrogens is 256 g/mol. The molecule has 18 heavy (non-hydrogen) atoms. The predicted molar refractivity (Wildman–Crippen MR) is 65.5 cm³/mol. The molecular formula is C11H10N2O4S. The second kappa shape index (κ2) is 3.97. The van der Waals surface area contributed by atoms with E-state index < -0.39 is 26.6 Å². The fraction of sp³-hybridized carbons (Fsp3) is 0. The standard InChI is InChI=1S/C11H10N2O4S/c12-11(15)7-2-1-6-4-9(14)10(18(13,16)17)5-8(6)3-7/h1-5,14H,(H2,12,15)(H2,13,16,17). The van der Waals surface area contributed by atoms with Crippen molar-refractivity contribution >= 4 is 26.7 Å². The highest BCUT2D eigenvalue weighted by Gasteiger charge is 2.15. The lowest BCUT2D eigenvalue weighted by molar-refractivity contribution is 0.100. The number of hydrogen-bond acceptors (Lipinski definition) is 4. The number of aromatic hydroxyl groups is 1. The van der Waals surface area contributed by atoms with Gasteiger partial charge in [0.05, 0.1) is 0 Å². The van der Waals surface area contributed by atoms with Gasteiger partial charge in [-0.25, -0.2) is 13.6 Å². The summed E-state index contributed by atoms with van der Waals surface area (Å²) in [5.41, 5.74) is 5.37. The number of rotatable bonds is 2. The van der Waals surface area contributed by atoms with Gasteiger partial charge in [0, 0.05) is 5.56 Å². The summed E-state index contributed by atoms with van der Waals surface area (Å²) in [7, 11) is -4.02. The monoisotopic (exact) mass is 266 g/mol. The molecule has 0 aliphatic rings. The van der Waals surface area contributed by atoms with Crippen LogP contribution in [0.25, 0.3) is 10.8 Å². The molecule has 1 amide bonds. The number of carbonyl (C=O) groups excluding carboxylic acids is 1. The lowest BCUT2D eigenvalue weighted by Gasteiger charge is -2.06. The van der Waals surface area contributed by atoms with Crippen LogP contribution in [0.5, 0.6) is 5.75 Å². The molecule has 0 radical (unpaired) electrons. The normalized spacial score (nSPS) is 11.6. The van der Waals surface area contributed by atoms with Crippen molar-refractivity contribution in [3.05, 3.63) is 35.9 Å². The largest absolute Gasteiger partial charge is 0.507 e. The summed E-state index contributed by atoms with van der Waals surface area (Å²) in [5.74, 6) is -1.06. The third kappa shape index (κ3) is 2.13. The molecule has 0 heterocycles. The fourth-order valence-corrected chi connectivity index (χ4v) is 2.29. The van der Waals surface area contributed by atoms with E-state index in [0.717, 1.165) is 0 Å². The molecule has 0 atom stereocenters. The minimum atomic E-state index is -4.02. The van der Waals surface area contributed by atoms with E-state index in [0.29, 0.717) is 10.8 Å². The van der Waals surface area contributed by atoms with Crippen LogP contribution in [0, 0.1) is 0 Å². The Morgan fingerprint density at radius 2 is 1.78 bits per heavy atom. The van der Waals surface area contributed by atoms with Crippen LogP contribution in [0.1, 0.15) is 10.4 Å². The van der Waals surface area contributed by atoms with Gasteiger partial charge >= 0.3 is 0 Å². The molecule has 2 aromatic carbocycles. The molecule has 0 unspecified atom stereocenters. The molecule has 0 aromatic heterocycles. The fourth-order valence-electron chi connectivity index (χ4n) is 1.65. The number of carbonyl (C=O) groups is 1. The third-order valence-electron chi connectivity index (χ3n) is 2.51. The van der Waals surface area contributed by atoms with Crippen LogP contribution in [0.4, 0.5) is 0 Å². The van der Waals surface area contributed by atoms with E-state index in [1.54, 1.807) is 6.07 Å². The number of primary sulfonamides is 1. The molecule has 2 rings (SSSR count). The average Bonchev–Trinajstić information content (AvgIpc) is 2.25. The maximum Gasteiger partial charge on any atom is 0.248 e. The summed E-state index contributed by atoms with van der Waals surface area (Å²) in [6.45, 7) is 0. The first kappa shape index (κ1) is 12.3. The molecule has 7 heteroatoms. The van der Waals surface area contributed by atoms with Crippen molar-refractivity contribution < 1.29 is 18.3 Å². The molecule has 0 aliphatic heterocycles. The number of phenols is 1. The zero-order chi connectivity index (χ0) is 13.5. The van der Waals surface area contributed by atoms with Gasteiger partial charge in [-0.1, -0.05) is 6.07 Å². The highest BCUT2D eigenvalue weighted by Crippen LogP contribution is 2.28. The van der Waals surface area contributed by atoms with Crippen molar-refractivity contribution in [3.63, 3.8) is 0 Å². The Morgan fingerprint density at radius 1 is 1.11 bits per heavy atom. The molecule has 0 fully saturated rings. The number of amides is 1. The minimum Gasteiger partial charge on any atom is -0.507 e. The molecule has 0 saturated carbocycles. The molecule has 94 valence electrons. The van der Waals surface area contributed by atoms with Gasteiger partial charge in [0.25, 0.3) is 0 Å². The van der Waals surface area contributed by atoms with Gasteiger partial charge in [-0.2, -0.15) is 0 Å². The Morgan fingerprint density at radius 3 is 2.33 bits per heavy atom. The van der Waals surface area contributed by atoms with Gasteiger partial charge in [0.2, 0.25) is 15.9 Å². The highest BCUT2D eigenvalue weighted by molar-refractivity contribution is 7.89. The minimum absolute atomic E-state index is 0.244. The summed E-state index contributed by atoms with van der Waals surface area (Å²) in [6, 6.07) is 6.95. The maximum atomic E-state index is 11.2. The molecule has 0 spiro atoms. The van der Waals surface area contributed by atoms with E-state index in [2.05, 4.69) is 0 Å². The van der Waals surface area contributed by atoms with Gasteiger partial charge in [-0.15, -0.1) is 0 Å². The maximum absolute atomic E-state index is 11.2. The van der Waals surface area contributed by atoms with E-state index in [9.17, 15) is 18.3 Å². The topological polar surface area (TPSA) is 123 Å². The van der Waals surface area contributed by atoms with Gasteiger partial charge in [0.1, 0.15) is 10.6 Å². The van der Waals surface area contributed by atoms with Crippen LogP contribution in [0.2, 0.25) is 0 Å². The van der Waals surface area contributed by atoms with E-state index >= 15 is 0 Å². The highest BCUT2D eigenvalue weighted by atomic mass is 32.2. The summed E-state index contributed by atoms with van der Waals surface area (Å²) in [6.07, 6.45) is 0. The molecule has 0 saturated heterocycles. The average molecular weight is 266 g/mol. The summed E-state index contributed by atoms with van der Waals surface area (Å²) in [5, 5.41) is 15.6. The summed E-state index contributed by atoms with van der Waals surface area (Å²) < 4.78 is 22.5. The second-order valence-electron chi connectivity index (χ2n) is 3.79. The zero-order valence-corrected chi connectivity index (χ0v) is 9.94. The number of nitrogens with two attached hydrogens (primary N) is 2. The number of phenolic OH excluding ortho intramolecular Hbond substituents is 1. The molecule has 5 N–H and O–H groups in total. The lowest BCUT2D eigenvalue weighted by atomic mass is 10.1. The second-order valence-corrected chi connectivity index (χ2v) is 5.32. The Balaban J connectivity index is 2.79. The van der Waals surface area contributed by atoms with Crippen molar-refractivity contribution in [1.82, 2.24) is 0 Å². The Bertz CT molecular complexity index is 753. The smallest absolute Gasteiger partial charge is 0.248 e. The SMILES string of the molecule is NC(=O)c1ccc2cc(O)c(S(N)(=O)=O)cc2c1. The molecule has 0 bridgehead atoms. The first-order valence-corrected chi connectivity index (χ1v) is 6.43. The van der Waals surface area contributed by atoms with Crippen molar-refractivity contribution in [3.8, 4) is 5.75 Å². The number of hydrogen-bond donors (Lipinski definition) is 3.